The third kappa shape index (κ3) is 1.50. The molecule has 0 amide bonds. The quantitative estimate of drug-likeness (QED) is 0.905. The summed E-state index contributed by atoms with van der Waals surface area (Å²) >= 11 is 0. The van der Waals surface area contributed by atoms with Crippen molar-refractivity contribution in [1.29, 1.82) is 0 Å². The van der Waals surface area contributed by atoms with Gasteiger partial charge in [0, 0.05) is 22.4 Å². The van der Waals surface area contributed by atoms with E-state index in [0.29, 0.717) is 17.3 Å². The molecule has 0 aliphatic heterocycles. The first-order valence-electron chi connectivity index (χ1n) is 8.27. The molecule has 2 aliphatic rings. The molecule has 0 radical (unpaired) electrons. The summed E-state index contributed by atoms with van der Waals surface area (Å²) in [4.78, 5) is 8.89. The van der Waals surface area contributed by atoms with E-state index in [2.05, 4.69) is 60.9 Å². The Labute approximate surface area is 131 Å². The van der Waals surface area contributed by atoms with Crippen molar-refractivity contribution < 1.29 is 0 Å². The molecule has 1 saturated carbocycles. The molecule has 2 unspecified atom stereocenters. The predicted molar refractivity (Wildman–Crippen MR) is 86.8 cm³/mol. The first-order chi connectivity index (χ1) is 10.4. The molecule has 4 nitrogen and oxygen atoms in total. The van der Waals surface area contributed by atoms with E-state index in [4.69, 9.17) is 0 Å². The van der Waals surface area contributed by atoms with Gasteiger partial charge >= 0.3 is 0 Å². The Bertz CT molecular complexity index is 743. The van der Waals surface area contributed by atoms with E-state index in [-0.39, 0.29) is 5.41 Å². The van der Waals surface area contributed by atoms with Crippen LogP contribution in [-0.2, 0) is 5.41 Å². The third-order valence-electron chi connectivity index (χ3n) is 6.45. The van der Waals surface area contributed by atoms with E-state index >= 15 is 0 Å². The number of aromatic amines is 1. The smallest absolute Gasteiger partial charge is 0.116 e. The van der Waals surface area contributed by atoms with Crippen molar-refractivity contribution in [2.75, 3.05) is 0 Å². The second-order valence-electron chi connectivity index (χ2n) is 7.99. The maximum atomic E-state index is 4.64. The van der Waals surface area contributed by atoms with Crippen molar-refractivity contribution in [3.63, 3.8) is 0 Å². The number of H-pyrrole nitrogens is 1. The van der Waals surface area contributed by atoms with Crippen LogP contribution in [0.1, 0.15) is 76.2 Å². The first kappa shape index (κ1) is 13.9. The van der Waals surface area contributed by atoms with Gasteiger partial charge in [-0.25, -0.2) is 9.97 Å². The summed E-state index contributed by atoms with van der Waals surface area (Å²) in [7, 11) is 0. The molecule has 1 fully saturated rings. The molecule has 2 atom stereocenters. The minimum Gasteiger partial charge on any atom is -0.281 e. The zero-order valence-electron chi connectivity index (χ0n) is 14.1. The van der Waals surface area contributed by atoms with Gasteiger partial charge in [0.1, 0.15) is 12.0 Å². The predicted octanol–water partition coefficient (Wildman–Crippen LogP) is 4.17. The van der Waals surface area contributed by atoms with Gasteiger partial charge in [-0.2, -0.15) is 5.10 Å². The number of hydrogen-bond acceptors (Lipinski definition) is 3. The molecule has 2 aliphatic carbocycles. The summed E-state index contributed by atoms with van der Waals surface area (Å²) < 4.78 is 0. The average Bonchev–Trinajstić information content (AvgIpc) is 3.05. The molecule has 0 spiro atoms. The lowest BCUT2D eigenvalue weighted by molar-refractivity contribution is 0.225. The minimum atomic E-state index is 0.214. The van der Waals surface area contributed by atoms with Crippen LogP contribution in [0.15, 0.2) is 12.4 Å². The molecule has 116 valence electrons. The van der Waals surface area contributed by atoms with Gasteiger partial charge < -0.3 is 0 Å². The minimum absolute atomic E-state index is 0.214. The normalized spacial score (nSPS) is 28.4. The molecular formula is C18H24N4. The summed E-state index contributed by atoms with van der Waals surface area (Å²) in [6, 6.07) is 2.10. The van der Waals surface area contributed by atoms with Gasteiger partial charge in [0.15, 0.2) is 0 Å². The second-order valence-corrected chi connectivity index (χ2v) is 7.99. The molecular weight excluding hydrogens is 272 g/mol. The number of nitrogens with one attached hydrogen (secondary N) is 1. The Morgan fingerprint density at radius 1 is 1.23 bits per heavy atom. The Hall–Kier alpha value is -1.71. The average molecular weight is 296 g/mol. The van der Waals surface area contributed by atoms with E-state index in [0.717, 1.165) is 17.1 Å². The Morgan fingerprint density at radius 3 is 2.73 bits per heavy atom. The van der Waals surface area contributed by atoms with Gasteiger partial charge in [-0.15, -0.1) is 0 Å². The van der Waals surface area contributed by atoms with E-state index < -0.39 is 0 Å². The van der Waals surface area contributed by atoms with Crippen LogP contribution in [0.4, 0.5) is 0 Å². The summed E-state index contributed by atoms with van der Waals surface area (Å²) in [6.45, 7) is 11.5. The van der Waals surface area contributed by atoms with Gasteiger partial charge in [0.05, 0.1) is 5.69 Å². The van der Waals surface area contributed by atoms with Crippen molar-refractivity contribution in [3.8, 4) is 11.4 Å². The molecule has 4 heteroatoms. The van der Waals surface area contributed by atoms with Gasteiger partial charge in [-0.1, -0.05) is 34.6 Å². The van der Waals surface area contributed by atoms with Gasteiger partial charge in [0.2, 0.25) is 0 Å². The van der Waals surface area contributed by atoms with E-state index in [9.17, 15) is 0 Å². The van der Waals surface area contributed by atoms with Crippen molar-refractivity contribution in [2.45, 2.75) is 64.7 Å². The number of fused-ring (bicyclic) bond motifs is 5. The van der Waals surface area contributed by atoms with Crippen molar-refractivity contribution >= 4 is 0 Å². The third-order valence-corrected chi connectivity index (χ3v) is 6.45. The summed E-state index contributed by atoms with van der Waals surface area (Å²) in [5.41, 5.74) is 6.34. The van der Waals surface area contributed by atoms with Crippen molar-refractivity contribution in [2.24, 2.45) is 5.41 Å². The van der Waals surface area contributed by atoms with Gasteiger partial charge in [-0.05, 0) is 36.2 Å². The molecule has 1 N–H and O–H groups in total. The molecule has 0 saturated heterocycles. The molecule has 2 aromatic heterocycles. The van der Waals surface area contributed by atoms with E-state index in [1.807, 2.05) is 0 Å². The first-order valence-corrected chi connectivity index (χ1v) is 8.27. The van der Waals surface area contributed by atoms with Crippen LogP contribution in [-0.4, -0.2) is 20.2 Å². The molecule has 4 rings (SSSR count). The van der Waals surface area contributed by atoms with Crippen LogP contribution < -0.4 is 0 Å². The standard InChI is InChI=1S/C18H24N4/c1-10(2)12-8-13(20-9-19-12)15-14-11-6-7-18(5,17(11,3)4)16(14)22-21-15/h8-11H,6-7H2,1-5H3,(H,21,22). The number of hydrogen-bond donors (Lipinski definition) is 1. The lowest BCUT2D eigenvalue weighted by atomic mass is 9.70. The van der Waals surface area contributed by atoms with Crippen LogP contribution in [0.3, 0.4) is 0 Å². The number of aromatic nitrogens is 4. The van der Waals surface area contributed by atoms with Crippen LogP contribution >= 0.6 is 0 Å². The van der Waals surface area contributed by atoms with E-state index in [1.165, 1.54) is 24.1 Å². The number of nitrogens with zero attached hydrogens (tertiary/aromatic N) is 3. The largest absolute Gasteiger partial charge is 0.281 e. The van der Waals surface area contributed by atoms with Crippen LogP contribution in [0, 0.1) is 5.41 Å². The highest BCUT2D eigenvalue weighted by Crippen LogP contribution is 2.68. The SMILES string of the molecule is CC(C)c1cc(-c2n[nH]c3c2C2CCC3(C)C2(C)C)ncn1. The molecule has 2 bridgehead atoms. The van der Waals surface area contributed by atoms with Crippen LogP contribution in [0.5, 0.6) is 0 Å². The summed E-state index contributed by atoms with van der Waals surface area (Å²) in [5, 5.41) is 8.00. The fourth-order valence-corrected chi connectivity index (χ4v) is 4.58. The molecule has 22 heavy (non-hydrogen) atoms. The van der Waals surface area contributed by atoms with Gasteiger partial charge in [0.25, 0.3) is 0 Å². The second kappa shape index (κ2) is 4.18. The van der Waals surface area contributed by atoms with E-state index in [1.54, 1.807) is 6.33 Å². The topological polar surface area (TPSA) is 54.5 Å². The maximum Gasteiger partial charge on any atom is 0.116 e. The molecule has 2 aromatic rings. The fourth-order valence-electron chi connectivity index (χ4n) is 4.58. The monoisotopic (exact) mass is 296 g/mol. The molecule has 0 aromatic carbocycles. The fraction of sp³-hybridized carbons (Fsp3) is 0.611. The van der Waals surface area contributed by atoms with Gasteiger partial charge in [-0.3, -0.25) is 5.10 Å². The summed E-state index contributed by atoms with van der Waals surface area (Å²) in [6.07, 6.45) is 4.18. The Balaban J connectivity index is 1.88. The van der Waals surface area contributed by atoms with Crippen LogP contribution in [0.25, 0.3) is 11.4 Å². The summed E-state index contributed by atoms with van der Waals surface area (Å²) in [5.74, 6) is 0.984. The lowest BCUT2D eigenvalue weighted by Crippen LogP contribution is -2.32. The lowest BCUT2D eigenvalue weighted by Gasteiger charge is -2.34. The Kier molecular flexibility index (Phi) is 2.64. The highest BCUT2D eigenvalue weighted by molar-refractivity contribution is 5.66. The highest BCUT2D eigenvalue weighted by atomic mass is 15.2. The van der Waals surface area contributed by atoms with Crippen molar-refractivity contribution in [1.82, 2.24) is 20.2 Å². The van der Waals surface area contributed by atoms with Crippen molar-refractivity contribution in [3.05, 3.63) is 29.3 Å². The molecule has 2 heterocycles. The Morgan fingerprint density at radius 2 is 2.00 bits per heavy atom. The zero-order valence-corrected chi connectivity index (χ0v) is 14.1. The van der Waals surface area contributed by atoms with Crippen LogP contribution in [0.2, 0.25) is 0 Å². The number of rotatable bonds is 2. The zero-order chi connectivity index (χ0) is 15.7. The highest BCUT2D eigenvalue weighted by Gasteiger charge is 2.61. The maximum absolute atomic E-state index is 4.64.